The molecule has 1 spiro atoms. The molecule has 4 rings (SSSR count). The quantitative estimate of drug-likeness (QED) is 0.872. The summed E-state index contributed by atoms with van der Waals surface area (Å²) in [5.41, 5.74) is 0.205. The van der Waals surface area contributed by atoms with E-state index in [1.54, 1.807) is 11.0 Å². The summed E-state index contributed by atoms with van der Waals surface area (Å²) in [6.45, 7) is 1.36. The van der Waals surface area contributed by atoms with Crippen LogP contribution in [0.3, 0.4) is 0 Å². The van der Waals surface area contributed by atoms with Crippen LogP contribution in [0.2, 0.25) is 0 Å². The third-order valence-electron chi connectivity index (χ3n) is 5.04. The van der Waals surface area contributed by atoms with Gasteiger partial charge in [0.1, 0.15) is 4.88 Å². The molecule has 0 aromatic carbocycles. The summed E-state index contributed by atoms with van der Waals surface area (Å²) in [5.74, 6) is -1.98. The van der Waals surface area contributed by atoms with Crippen molar-refractivity contribution in [2.45, 2.75) is 24.9 Å². The highest BCUT2D eigenvalue weighted by molar-refractivity contribution is 7.14. The van der Waals surface area contributed by atoms with Crippen molar-refractivity contribution in [1.82, 2.24) is 9.88 Å². The molecule has 2 aliphatic heterocycles. The van der Waals surface area contributed by atoms with Gasteiger partial charge in [0.15, 0.2) is 11.5 Å². The van der Waals surface area contributed by atoms with Gasteiger partial charge in [0.25, 0.3) is 5.91 Å². The van der Waals surface area contributed by atoms with E-state index in [2.05, 4.69) is 4.98 Å². The lowest BCUT2D eigenvalue weighted by Crippen LogP contribution is -2.48. The number of pyridine rings is 1. The summed E-state index contributed by atoms with van der Waals surface area (Å²) in [4.78, 5) is 30.6. The van der Waals surface area contributed by atoms with Crippen LogP contribution < -0.4 is 0 Å². The van der Waals surface area contributed by atoms with Crippen molar-refractivity contribution in [1.29, 1.82) is 0 Å². The molecule has 2 aliphatic rings. The van der Waals surface area contributed by atoms with Crippen LogP contribution in [0, 0.1) is 5.82 Å². The number of carboxylic acids is 1. The zero-order valence-electron chi connectivity index (χ0n) is 13.9. The van der Waals surface area contributed by atoms with E-state index < -0.39 is 23.3 Å². The summed E-state index contributed by atoms with van der Waals surface area (Å²) in [6.07, 6.45) is 3.21. The van der Waals surface area contributed by atoms with Gasteiger partial charge in [-0.2, -0.15) is 0 Å². The van der Waals surface area contributed by atoms with Crippen molar-refractivity contribution in [2.75, 3.05) is 19.7 Å². The van der Waals surface area contributed by atoms with E-state index in [1.165, 1.54) is 29.7 Å². The molecule has 2 aromatic heterocycles. The number of thiophene rings is 1. The number of likely N-dealkylation sites (tertiary alicyclic amines) is 1. The van der Waals surface area contributed by atoms with Gasteiger partial charge in [0.05, 0.1) is 12.2 Å². The van der Waals surface area contributed by atoms with Gasteiger partial charge < -0.3 is 14.7 Å². The second-order valence-electron chi connectivity index (χ2n) is 6.47. The van der Waals surface area contributed by atoms with Crippen molar-refractivity contribution in [2.24, 2.45) is 0 Å². The maximum Gasteiger partial charge on any atom is 0.345 e. The molecule has 0 radical (unpaired) electrons. The number of carbonyl (C=O) groups is 2. The number of aromatic carboxylic acids is 1. The van der Waals surface area contributed by atoms with Crippen molar-refractivity contribution in [3.63, 3.8) is 0 Å². The molecule has 0 unspecified atom stereocenters. The Morgan fingerprint density at radius 1 is 1.35 bits per heavy atom. The van der Waals surface area contributed by atoms with E-state index in [9.17, 15) is 19.1 Å². The summed E-state index contributed by atoms with van der Waals surface area (Å²) >= 11 is 1.30. The zero-order valence-corrected chi connectivity index (χ0v) is 14.7. The minimum atomic E-state index is -0.933. The van der Waals surface area contributed by atoms with Crippen LogP contribution in [0.5, 0.6) is 0 Å². The summed E-state index contributed by atoms with van der Waals surface area (Å²) in [6, 6.07) is 4.38. The van der Waals surface area contributed by atoms with Gasteiger partial charge in [-0.25, -0.2) is 14.2 Å². The van der Waals surface area contributed by atoms with Gasteiger partial charge in [-0.1, -0.05) is 0 Å². The Bertz CT molecular complexity index is 874. The SMILES string of the molecule is O=C(O)c1cc2c(s1)CCOC21CCN(C(=O)c2ncccc2F)CC1. The second kappa shape index (κ2) is 6.44. The molecule has 0 aliphatic carbocycles. The number of nitrogens with zero attached hydrogens (tertiary/aromatic N) is 2. The van der Waals surface area contributed by atoms with E-state index in [0.717, 1.165) is 10.4 Å². The fourth-order valence-electron chi connectivity index (χ4n) is 3.70. The highest BCUT2D eigenvalue weighted by Gasteiger charge is 2.43. The number of rotatable bonds is 2. The Labute approximate surface area is 153 Å². The highest BCUT2D eigenvalue weighted by Crippen LogP contribution is 2.44. The Balaban J connectivity index is 1.55. The predicted octanol–water partition coefficient (Wildman–Crippen LogP) is 2.68. The molecule has 8 heteroatoms. The van der Waals surface area contributed by atoms with Crippen LogP contribution >= 0.6 is 11.3 Å². The summed E-state index contributed by atoms with van der Waals surface area (Å²) in [5, 5.41) is 9.26. The minimum Gasteiger partial charge on any atom is -0.477 e. The van der Waals surface area contributed by atoms with Gasteiger partial charge in [0.2, 0.25) is 0 Å². The molecule has 1 amide bonds. The number of piperidine rings is 1. The van der Waals surface area contributed by atoms with E-state index in [-0.39, 0.29) is 5.69 Å². The third-order valence-corrected chi connectivity index (χ3v) is 6.22. The average Bonchev–Trinajstić information content (AvgIpc) is 3.09. The number of fused-ring (bicyclic) bond motifs is 2. The fourth-order valence-corrected chi connectivity index (χ4v) is 4.77. The number of carbonyl (C=O) groups excluding carboxylic acids is 1. The highest BCUT2D eigenvalue weighted by atomic mass is 32.1. The van der Waals surface area contributed by atoms with Crippen molar-refractivity contribution < 1.29 is 23.8 Å². The van der Waals surface area contributed by atoms with E-state index in [0.29, 0.717) is 43.8 Å². The molecule has 1 fully saturated rings. The number of hydrogen-bond donors (Lipinski definition) is 1. The van der Waals surface area contributed by atoms with Gasteiger partial charge in [0, 0.05) is 30.6 Å². The van der Waals surface area contributed by atoms with Crippen LogP contribution in [0.4, 0.5) is 4.39 Å². The number of amides is 1. The first-order chi connectivity index (χ1) is 12.5. The van der Waals surface area contributed by atoms with E-state index in [4.69, 9.17) is 4.74 Å². The van der Waals surface area contributed by atoms with Crippen LogP contribution in [0.25, 0.3) is 0 Å². The topological polar surface area (TPSA) is 79.7 Å². The van der Waals surface area contributed by atoms with E-state index in [1.807, 2.05) is 0 Å². The molecule has 0 saturated carbocycles. The van der Waals surface area contributed by atoms with E-state index >= 15 is 0 Å². The summed E-state index contributed by atoms with van der Waals surface area (Å²) in [7, 11) is 0. The first-order valence-electron chi connectivity index (χ1n) is 8.40. The van der Waals surface area contributed by atoms with Crippen LogP contribution in [-0.4, -0.2) is 46.6 Å². The molecule has 2 aromatic rings. The van der Waals surface area contributed by atoms with Gasteiger partial charge in [-0.3, -0.25) is 4.79 Å². The van der Waals surface area contributed by atoms with Crippen molar-refractivity contribution in [3.05, 3.63) is 51.2 Å². The normalized spacial score (nSPS) is 18.6. The smallest absolute Gasteiger partial charge is 0.345 e. The largest absolute Gasteiger partial charge is 0.477 e. The average molecular weight is 376 g/mol. The van der Waals surface area contributed by atoms with Crippen LogP contribution in [0.1, 0.15) is 43.4 Å². The third kappa shape index (κ3) is 2.79. The lowest BCUT2D eigenvalue weighted by Gasteiger charge is -2.44. The Morgan fingerprint density at radius 3 is 2.81 bits per heavy atom. The van der Waals surface area contributed by atoms with Crippen molar-refractivity contribution in [3.8, 4) is 0 Å². The first-order valence-corrected chi connectivity index (χ1v) is 9.22. The molecule has 4 heterocycles. The summed E-state index contributed by atoms with van der Waals surface area (Å²) < 4.78 is 19.9. The number of aromatic nitrogens is 1. The molecular formula is C18H17FN2O4S. The second-order valence-corrected chi connectivity index (χ2v) is 7.61. The van der Waals surface area contributed by atoms with Gasteiger partial charge in [-0.05, 0) is 36.6 Å². The molecular weight excluding hydrogens is 359 g/mol. The monoisotopic (exact) mass is 376 g/mol. The number of halogens is 1. The van der Waals surface area contributed by atoms with Gasteiger partial charge in [-0.15, -0.1) is 11.3 Å². The standard InChI is InChI=1S/C18H17FN2O4S/c19-12-2-1-6-20-15(12)16(22)21-7-4-18(5-8-21)11-10-14(17(23)24)26-13(11)3-9-25-18/h1-2,6,10H,3-5,7-9H2,(H,23,24). The fraction of sp³-hybridized carbons (Fsp3) is 0.389. The molecule has 0 bridgehead atoms. The van der Waals surface area contributed by atoms with Crippen molar-refractivity contribution >= 4 is 23.2 Å². The molecule has 136 valence electrons. The lowest BCUT2D eigenvalue weighted by atomic mass is 9.82. The maximum atomic E-state index is 13.8. The predicted molar refractivity (Wildman–Crippen MR) is 91.9 cm³/mol. The zero-order chi connectivity index (χ0) is 18.3. The van der Waals surface area contributed by atoms with Gasteiger partial charge >= 0.3 is 5.97 Å². The molecule has 1 N–H and O–H groups in total. The maximum absolute atomic E-state index is 13.8. The Morgan fingerprint density at radius 2 is 2.12 bits per heavy atom. The lowest BCUT2D eigenvalue weighted by molar-refractivity contribution is -0.0927. The first kappa shape index (κ1) is 17.1. The van der Waals surface area contributed by atoms with Crippen LogP contribution in [0.15, 0.2) is 24.4 Å². The molecule has 1 saturated heterocycles. The molecule has 0 atom stereocenters. The van der Waals surface area contributed by atoms with Crippen LogP contribution in [-0.2, 0) is 16.8 Å². The number of carboxylic acid groups (broad SMARTS) is 1. The number of hydrogen-bond acceptors (Lipinski definition) is 5. The Hall–Kier alpha value is -2.32. The minimum absolute atomic E-state index is 0.169. The molecule has 6 nitrogen and oxygen atoms in total. The Kier molecular flexibility index (Phi) is 4.24. The molecule has 26 heavy (non-hydrogen) atoms. The number of ether oxygens (including phenoxy) is 1.